The van der Waals surface area contributed by atoms with Crippen LogP contribution in [-0.2, 0) is 14.2 Å². The maximum atomic E-state index is 14.3. The standard InChI is InChI=1S/C18H26F2O2.C18H24F2O2.C16H22F2O2/c2*1-3-11-22-16-9-8-15(17(19)18(16)20)14-6-4-13(5-7-14)10-12-21-2;1-19-10-9-11-3-5-12(6-4-11)13-7-8-14(20-2)16(18)15(13)17/h8-9,13-14H,3-7,10-12H2,1-2H3;3,8-9,11,13-14H,4-7,10,12H2,1-2H3;7-8,11-12H,3-6,9-10H2,1-2H3/b;11-3+;. The van der Waals surface area contributed by atoms with Gasteiger partial charge >= 0.3 is 0 Å². The highest BCUT2D eigenvalue weighted by Crippen LogP contribution is 2.42. The number of hydrogen-bond donors (Lipinski definition) is 0. The summed E-state index contributed by atoms with van der Waals surface area (Å²) in [6, 6.07) is 9.63. The highest BCUT2D eigenvalue weighted by atomic mass is 19.2. The van der Waals surface area contributed by atoms with Crippen molar-refractivity contribution >= 4 is 0 Å². The normalized spacial score (nSPS) is 22.2. The second kappa shape index (κ2) is 28.3. The van der Waals surface area contributed by atoms with Gasteiger partial charge in [0, 0.05) is 41.2 Å². The highest BCUT2D eigenvalue weighted by Gasteiger charge is 2.29. The van der Waals surface area contributed by atoms with Gasteiger partial charge in [-0.3, -0.25) is 0 Å². The average Bonchev–Trinajstić information content (AvgIpc) is 3.32. The van der Waals surface area contributed by atoms with Gasteiger partial charge in [0.1, 0.15) is 0 Å². The molecule has 0 aliphatic heterocycles. The van der Waals surface area contributed by atoms with Gasteiger partial charge < -0.3 is 28.4 Å². The molecule has 3 aromatic rings. The minimum atomic E-state index is -0.892. The van der Waals surface area contributed by atoms with E-state index in [-0.39, 0.29) is 35.0 Å². The van der Waals surface area contributed by atoms with Gasteiger partial charge in [-0.2, -0.15) is 13.2 Å². The molecule has 358 valence electrons. The van der Waals surface area contributed by atoms with Crippen molar-refractivity contribution < 1.29 is 54.8 Å². The Morgan fingerprint density at radius 3 is 1.14 bits per heavy atom. The fourth-order valence-electron chi connectivity index (χ4n) is 9.44. The first-order chi connectivity index (χ1) is 31.0. The molecule has 6 nitrogen and oxygen atoms in total. The number of methoxy groups -OCH3 is 4. The Bertz CT molecular complexity index is 1830. The first kappa shape index (κ1) is 52.9. The van der Waals surface area contributed by atoms with Crippen molar-refractivity contribution in [2.24, 2.45) is 17.8 Å². The van der Waals surface area contributed by atoms with Crippen LogP contribution < -0.4 is 14.2 Å². The minimum absolute atomic E-state index is 0.0249. The molecule has 0 unspecified atom stereocenters. The molecule has 0 bridgehead atoms. The fourth-order valence-corrected chi connectivity index (χ4v) is 9.44. The van der Waals surface area contributed by atoms with Gasteiger partial charge in [0.2, 0.25) is 17.5 Å². The molecule has 3 aromatic carbocycles. The van der Waals surface area contributed by atoms with E-state index in [0.29, 0.717) is 41.1 Å². The number of halogens is 6. The first-order valence-electron chi connectivity index (χ1n) is 23.4. The predicted molar refractivity (Wildman–Crippen MR) is 240 cm³/mol. The van der Waals surface area contributed by atoms with Crippen molar-refractivity contribution in [1.82, 2.24) is 0 Å². The predicted octanol–water partition coefficient (Wildman–Crippen LogP) is 14.5. The second-order valence-electron chi connectivity index (χ2n) is 17.5. The lowest BCUT2D eigenvalue weighted by Crippen LogP contribution is -2.16. The molecule has 0 saturated heterocycles. The summed E-state index contributed by atoms with van der Waals surface area (Å²) in [6.07, 6.45) is 18.7. The highest BCUT2D eigenvalue weighted by molar-refractivity contribution is 5.35. The number of hydrogen-bond acceptors (Lipinski definition) is 6. The van der Waals surface area contributed by atoms with Crippen LogP contribution in [0, 0.1) is 52.7 Å². The number of allylic oxidation sites excluding steroid dienone is 1. The Balaban J connectivity index is 0.000000211. The molecule has 0 atom stereocenters. The molecule has 3 fully saturated rings. The Morgan fingerprint density at radius 2 is 0.797 bits per heavy atom. The lowest BCUT2D eigenvalue weighted by atomic mass is 9.77. The minimum Gasteiger partial charge on any atom is -0.494 e. The third kappa shape index (κ3) is 15.4. The molecular weight excluding hydrogens is 835 g/mol. The summed E-state index contributed by atoms with van der Waals surface area (Å²) in [4.78, 5) is 0. The summed E-state index contributed by atoms with van der Waals surface area (Å²) >= 11 is 0. The van der Waals surface area contributed by atoms with Gasteiger partial charge in [-0.1, -0.05) is 31.2 Å². The quantitative estimate of drug-likeness (QED) is 0.0936. The van der Waals surface area contributed by atoms with Crippen LogP contribution in [0.3, 0.4) is 0 Å². The molecule has 0 spiro atoms. The Labute approximate surface area is 378 Å². The molecular formula is C52H72F6O6. The number of benzene rings is 3. The smallest absolute Gasteiger partial charge is 0.201 e. The van der Waals surface area contributed by atoms with Crippen LogP contribution >= 0.6 is 0 Å². The molecule has 0 N–H and O–H groups in total. The lowest BCUT2D eigenvalue weighted by Gasteiger charge is -2.29. The van der Waals surface area contributed by atoms with Gasteiger partial charge in [0.25, 0.3) is 0 Å². The Kier molecular flexibility index (Phi) is 23.4. The summed E-state index contributed by atoms with van der Waals surface area (Å²) in [7, 11) is 6.48. The van der Waals surface area contributed by atoms with E-state index in [0.717, 1.165) is 123 Å². The maximum absolute atomic E-state index is 14.3. The van der Waals surface area contributed by atoms with Crippen LogP contribution in [0.4, 0.5) is 26.3 Å². The number of rotatable bonds is 18. The molecule has 3 aliphatic carbocycles. The van der Waals surface area contributed by atoms with E-state index in [1.165, 1.54) is 25.5 Å². The molecule has 0 heterocycles. The summed E-state index contributed by atoms with van der Waals surface area (Å²) in [5.41, 5.74) is 1.48. The Morgan fingerprint density at radius 1 is 0.453 bits per heavy atom. The molecule has 0 radical (unpaired) electrons. The first-order valence-corrected chi connectivity index (χ1v) is 23.4. The van der Waals surface area contributed by atoms with Gasteiger partial charge in [0.15, 0.2) is 34.7 Å². The molecule has 3 aliphatic rings. The van der Waals surface area contributed by atoms with Gasteiger partial charge in [-0.05, 0) is 180 Å². The van der Waals surface area contributed by atoms with Crippen molar-refractivity contribution in [2.75, 3.05) is 54.9 Å². The average molecular weight is 907 g/mol. The van der Waals surface area contributed by atoms with Gasteiger partial charge in [-0.15, -0.1) is 0 Å². The zero-order valence-corrected chi connectivity index (χ0v) is 38.9. The molecule has 0 aromatic heterocycles. The van der Waals surface area contributed by atoms with E-state index >= 15 is 0 Å². The van der Waals surface area contributed by atoms with Crippen molar-refractivity contribution in [3.63, 3.8) is 0 Å². The summed E-state index contributed by atoms with van der Waals surface area (Å²) in [5, 5.41) is 0. The largest absolute Gasteiger partial charge is 0.494 e. The van der Waals surface area contributed by atoms with Crippen LogP contribution in [0.15, 0.2) is 48.7 Å². The topological polar surface area (TPSA) is 55.4 Å². The fraction of sp³-hybridized carbons (Fsp3) is 0.615. The van der Waals surface area contributed by atoms with E-state index in [2.05, 4.69) is 0 Å². The SMILES string of the molecule is C/C=C/Oc1ccc(C2CCC(CCOC)CC2)c(F)c1F.CCCOc1ccc(C2CCC(CCOC)CC2)c(F)c1F.COCCC1CCC(c2ccc(OC)c(F)c2F)CC1. The van der Waals surface area contributed by atoms with Crippen LogP contribution in [0.5, 0.6) is 17.2 Å². The summed E-state index contributed by atoms with van der Waals surface area (Å²) < 4.78 is 115. The Hall–Kier alpha value is -3.74. The maximum Gasteiger partial charge on any atom is 0.201 e. The van der Waals surface area contributed by atoms with Gasteiger partial charge in [-0.25, -0.2) is 13.2 Å². The zero-order valence-electron chi connectivity index (χ0n) is 38.9. The van der Waals surface area contributed by atoms with Crippen molar-refractivity contribution in [3.8, 4) is 17.2 Å². The van der Waals surface area contributed by atoms with Crippen LogP contribution in [0.25, 0.3) is 0 Å². The molecule has 6 rings (SSSR count). The van der Waals surface area contributed by atoms with Crippen LogP contribution in [0.2, 0.25) is 0 Å². The lowest BCUT2D eigenvalue weighted by molar-refractivity contribution is 0.162. The van der Waals surface area contributed by atoms with Gasteiger partial charge in [0.05, 0.1) is 20.0 Å². The second-order valence-corrected chi connectivity index (χ2v) is 17.5. The van der Waals surface area contributed by atoms with Crippen LogP contribution in [-0.4, -0.2) is 54.9 Å². The summed E-state index contributed by atoms with van der Waals surface area (Å²) in [5.74, 6) is -2.62. The van der Waals surface area contributed by atoms with E-state index < -0.39 is 34.9 Å². The van der Waals surface area contributed by atoms with E-state index in [1.807, 2.05) is 6.92 Å². The van der Waals surface area contributed by atoms with Crippen LogP contribution in [0.1, 0.15) is 151 Å². The molecule has 64 heavy (non-hydrogen) atoms. The van der Waals surface area contributed by atoms with E-state index in [4.69, 9.17) is 28.4 Å². The van der Waals surface area contributed by atoms with Crippen molar-refractivity contribution in [3.05, 3.63) is 100 Å². The zero-order chi connectivity index (χ0) is 46.4. The number of ether oxygens (including phenoxy) is 6. The monoisotopic (exact) mass is 907 g/mol. The molecule has 12 heteroatoms. The van der Waals surface area contributed by atoms with E-state index in [9.17, 15) is 26.3 Å². The van der Waals surface area contributed by atoms with Crippen molar-refractivity contribution in [1.29, 1.82) is 0 Å². The molecule has 3 saturated carbocycles. The van der Waals surface area contributed by atoms with Crippen molar-refractivity contribution in [2.45, 2.75) is 134 Å². The summed E-state index contributed by atoms with van der Waals surface area (Å²) in [6.45, 7) is 6.42. The third-order valence-electron chi connectivity index (χ3n) is 13.3. The van der Waals surface area contributed by atoms with E-state index in [1.54, 1.807) is 58.6 Å². The third-order valence-corrected chi connectivity index (χ3v) is 13.3. The molecule has 0 amide bonds.